The van der Waals surface area contributed by atoms with Crippen LogP contribution >= 0.6 is 11.3 Å². The summed E-state index contributed by atoms with van der Waals surface area (Å²) < 4.78 is 0. The highest BCUT2D eigenvalue weighted by atomic mass is 32.1. The van der Waals surface area contributed by atoms with Crippen LogP contribution in [0.15, 0.2) is 30.7 Å². The van der Waals surface area contributed by atoms with E-state index in [2.05, 4.69) is 15.3 Å². The molecule has 1 aliphatic carbocycles. The molecule has 0 aliphatic heterocycles. The molecular weight excluding hydrogens is 284 g/mol. The molecule has 1 atom stereocenters. The first-order chi connectivity index (χ1) is 10.1. The van der Waals surface area contributed by atoms with Crippen LogP contribution in [0.25, 0.3) is 10.6 Å². The SMILES string of the molecule is CC(CN)(NC(=O)c1cnc(-c2ccncc2)s1)C1CC1. The Kier molecular flexibility index (Phi) is 3.73. The summed E-state index contributed by atoms with van der Waals surface area (Å²) in [5.74, 6) is 0.409. The molecule has 1 saturated carbocycles. The molecule has 1 amide bonds. The Morgan fingerprint density at radius 3 is 2.81 bits per heavy atom. The largest absolute Gasteiger partial charge is 0.345 e. The van der Waals surface area contributed by atoms with Gasteiger partial charge in [0.2, 0.25) is 0 Å². The number of nitrogens with two attached hydrogens (primary N) is 1. The Morgan fingerprint density at radius 2 is 2.19 bits per heavy atom. The van der Waals surface area contributed by atoms with Gasteiger partial charge in [0, 0.05) is 24.5 Å². The number of rotatable bonds is 5. The maximum atomic E-state index is 12.4. The Bertz CT molecular complexity index is 638. The van der Waals surface area contributed by atoms with Crippen LogP contribution in [0.5, 0.6) is 0 Å². The van der Waals surface area contributed by atoms with Gasteiger partial charge in [0.1, 0.15) is 9.88 Å². The number of nitrogens with zero attached hydrogens (tertiary/aromatic N) is 2. The van der Waals surface area contributed by atoms with Gasteiger partial charge in [-0.15, -0.1) is 11.3 Å². The highest BCUT2D eigenvalue weighted by molar-refractivity contribution is 7.16. The van der Waals surface area contributed by atoms with Gasteiger partial charge in [-0.1, -0.05) is 0 Å². The highest BCUT2D eigenvalue weighted by Gasteiger charge is 2.41. The third kappa shape index (κ3) is 2.96. The molecule has 2 heterocycles. The standard InChI is InChI=1S/C15H18N4OS/c1-15(9-16,11-2-3-11)19-13(20)12-8-18-14(21-12)10-4-6-17-7-5-10/h4-8,11H,2-3,9,16H2,1H3,(H,19,20). The number of aromatic nitrogens is 2. The van der Waals surface area contributed by atoms with Crippen molar-refractivity contribution >= 4 is 17.2 Å². The number of carbonyl (C=O) groups excluding carboxylic acids is 1. The number of nitrogens with one attached hydrogen (secondary N) is 1. The molecule has 0 spiro atoms. The Labute approximate surface area is 127 Å². The van der Waals surface area contributed by atoms with Gasteiger partial charge in [0.25, 0.3) is 5.91 Å². The molecule has 3 rings (SSSR count). The van der Waals surface area contributed by atoms with E-state index < -0.39 is 0 Å². The number of hydrogen-bond donors (Lipinski definition) is 2. The fourth-order valence-corrected chi connectivity index (χ4v) is 3.19. The summed E-state index contributed by atoms with van der Waals surface area (Å²) in [6, 6.07) is 3.77. The fourth-order valence-electron chi connectivity index (χ4n) is 2.37. The van der Waals surface area contributed by atoms with Gasteiger partial charge in [-0.3, -0.25) is 9.78 Å². The van der Waals surface area contributed by atoms with Crippen molar-refractivity contribution in [1.29, 1.82) is 0 Å². The van der Waals surface area contributed by atoms with Gasteiger partial charge in [-0.25, -0.2) is 4.98 Å². The first kappa shape index (κ1) is 14.2. The summed E-state index contributed by atoms with van der Waals surface area (Å²) in [5.41, 5.74) is 6.50. The van der Waals surface area contributed by atoms with E-state index >= 15 is 0 Å². The molecule has 1 unspecified atom stereocenters. The van der Waals surface area contributed by atoms with Crippen LogP contribution in [-0.2, 0) is 0 Å². The summed E-state index contributed by atoms with van der Waals surface area (Å²) in [4.78, 5) is 21.3. The van der Waals surface area contributed by atoms with E-state index in [-0.39, 0.29) is 11.4 Å². The maximum Gasteiger partial charge on any atom is 0.263 e. The van der Waals surface area contributed by atoms with Crippen LogP contribution in [0.4, 0.5) is 0 Å². The summed E-state index contributed by atoms with van der Waals surface area (Å²) in [6.07, 6.45) is 7.33. The molecule has 2 aromatic heterocycles. The van der Waals surface area contributed by atoms with E-state index in [1.165, 1.54) is 11.3 Å². The molecule has 2 aromatic rings. The van der Waals surface area contributed by atoms with Gasteiger partial charge in [-0.05, 0) is 37.8 Å². The van der Waals surface area contributed by atoms with Gasteiger partial charge in [-0.2, -0.15) is 0 Å². The lowest BCUT2D eigenvalue weighted by molar-refractivity contribution is 0.0902. The van der Waals surface area contributed by atoms with Gasteiger partial charge < -0.3 is 11.1 Å². The van der Waals surface area contributed by atoms with Crippen molar-refractivity contribution in [3.05, 3.63) is 35.6 Å². The molecule has 110 valence electrons. The number of thiazole rings is 1. The average Bonchev–Trinajstić information content (AvgIpc) is 3.26. The predicted molar refractivity (Wildman–Crippen MR) is 83.0 cm³/mol. The molecule has 21 heavy (non-hydrogen) atoms. The Hall–Kier alpha value is -1.79. The lowest BCUT2D eigenvalue weighted by Gasteiger charge is -2.29. The molecule has 0 aromatic carbocycles. The maximum absolute atomic E-state index is 12.4. The molecule has 3 N–H and O–H groups in total. The van der Waals surface area contributed by atoms with Gasteiger partial charge >= 0.3 is 0 Å². The van der Waals surface area contributed by atoms with Crippen molar-refractivity contribution in [3.63, 3.8) is 0 Å². The van der Waals surface area contributed by atoms with E-state index in [9.17, 15) is 4.79 Å². The lowest BCUT2D eigenvalue weighted by Crippen LogP contribution is -2.53. The number of hydrogen-bond acceptors (Lipinski definition) is 5. The normalized spacial score (nSPS) is 17.2. The van der Waals surface area contributed by atoms with Gasteiger partial charge in [0.05, 0.1) is 11.7 Å². The summed E-state index contributed by atoms with van der Waals surface area (Å²) in [5, 5.41) is 3.90. The zero-order chi connectivity index (χ0) is 14.9. The number of pyridine rings is 1. The molecule has 1 fully saturated rings. The van der Waals surface area contributed by atoms with Crippen LogP contribution < -0.4 is 11.1 Å². The quantitative estimate of drug-likeness (QED) is 0.886. The monoisotopic (exact) mass is 302 g/mol. The van der Waals surface area contributed by atoms with Crippen LogP contribution in [0.1, 0.15) is 29.4 Å². The first-order valence-corrected chi connectivity index (χ1v) is 7.83. The zero-order valence-electron chi connectivity index (χ0n) is 11.9. The van der Waals surface area contributed by atoms with E-state index in [1.807, 2.05) is 19.1 Å². The van der Waals surface area contributed by atoms with Crippen LogP contribution in [0.3, 0.4) is 0 Å². The Morgan fingerprint density at radius 1 is 1.48 bits per heavy atom. The fraction of sp³-hybridized carbons (Fsp3) is 0.400. The molecule has 5 nitrogen and oxygen atoms in total. The lowest BCUT2D eigenvalue weighted by atomic mass is 9.96. The van der Waals surface area contributed by atoms with Crippen LogP contribution in [-0.4, -0.2) is 28.0 Å². The highest BCUT2D eigenvalue weighted by Crippen LogP contribution is 2.39. The van der Waals surface area contributed by atoms with Crippen molar-refractivity contribution in [2.45, 2.75) is 25.3 Å². The van der Waals surface area contributed by atoms with Crippen molar-refractivity contribution in [3.8, 4) is 10.6 Å². The molecule has 6 heteroatoms. The molecular formula is C15H18N4OS. The van der Waals surface area contributed by atoms with E-state index in [0.717, 1.165) is 23.4 Å². The minimum Gasteiger partial charge on any atom is -0.345 e. The van der Waals surface area contributed by atoms with Crippen molar-refractivity contribution in [2.24, 2.45) is 11.7 Å². The minimum atomic E-state index is -0.308. The average molecular weight is 302 g/mol. The topological polar surface area (TPSA) is 80.9 Å². The van der Waals surface area contributed by atoms with Crippen molar-refractivity contribution in [2.75, 3.05) is 6.54 Å². The van der Waals surface area contributed by atoms with Crippen molar-refractivity contribution in [1.82, 2.24) is 15.3 Å². The summed E-state index contributed by atoms with van der Waals surface area (Å²) in [6.45, 7) is 2.48. The van der Waals surface area contributed by atoms with E-state index in [1.54, 1.807) is 18.6 Å². The smallest absolute Gasteiger partial charge is 0.263 e. The van der Waals surface area contributed by atoms with E-state index in [4.69, 9.17) is 5.73 Å². The minimum absolute atomic E-state index is 0.0901. The van der Waals surface area contributed by atoms with Gasteiger partial charge in [0.15, 0.2) is 0 Å². The summed E-state index contributed by atoms with van der Waals surface area (Å²) in [7, 11) is 0. The second-order valence-corrected chi connectivity index (χ2v) is 6.65. The predicted octanol–water partition coefficient (Wildman–Crippen LogP) is 2.06. The van der Waals surface area contributed by atoms with Crippen LogP contribution in [0, 0.1) is 5.92 Å². The first-order valence-electron chi connectivity index (χ1n) is 7.01. The third-order valence-corrected chi connectivity index (χ3v) is 5.00. The second kappa shape index (κ2) is 5.54. The van der Waals surface area contributed by atoms with Crippen molar-refractivity contribution < 1.29 is 4.79 Å². The molecule has 0 radical (unpaired) electrons. The second-order valence-electron chi connectivity index (χ2n) is 5.62. The molecule has 0 bridgehead atoms. The molecule has 1 aliphatic rings. The summed E-state index contributed by atoms with van der Waals surface area (Å²) >= 11 is 1.39. The third-order valence-electron chi connectivity index (χ3n) is 3.96. The number of amides is 1. The van der Waals surface area contributed by atoms with Crippen LogP contribution in [0.2, 0.25) is 0 Å². The van der Waals surface area contributed by atoms with E-state index in [0.29, 0.717) is 17.3 Å². The number of carbonyl (C=O) groups is 1. The zero-order valence-corrected chi connectivity index (χ0v) is 12.7. The molecule has 0 saturated heterocycles. The Balaban J connectivity index is 1.75.